The van der Waals surface area contributed by atoms with E-state index in [1.807, 2.05) is 117 Å². The number of pyridine rings is 5. The third-order valence-corrected chi connectivity index (χ3v) is 20.8. The van der Waals surface area contributed by atoms with Crippen molar-refractivity contribution in [3.63, 3.8) is 0 Å². The smallest absolute Gasteiger partial charge is 0.174 e. The van der Waals surface area contributed by atoms with E-state index >= 15 is 0 Å². The molecule has 0 radical (unpaired) electrons. The summed E-state index contributed by atoms with van der Waals surface area (Å²) < 4.78 is 10.1. The van der Waals surface area contributed by atoms with Crippen molar-refractivity contribution in [1.82, 2.24) is 104 Å². The van der Waals surface area contributed by atoms with Crippen LogP contribution in [0, 0.1) is 59.2 Å². The molecule has 0 bridgehead atoms. The van der Waals surface area contributed by atoms with Gasteiger partial charge in [-0.2, -0.15) is 25.5 Å². The van der Waals surface area contributed by atoms with E-state index in [-0.39, 0.29) is 13.2 Å². The van der Waals surface area contributed by atoms with Crippen LogP contribution in [0.1, 0.15) is 155 Å². The number of hydrogen-bond acceptors (Lipinski definition) is 21. The Morgan fingerprint density at radius 1 is 0.400 bits per heavy atom. The molecule has 1 atom stereocenters. The molecule has 30 nitrogen and oxygen atoms in total. The van der Waals surface area contributed by atoms with E-state index in [4.69, 9.17) is 0 Å². The van der Waals surface area contributed by atoms with Crippen molar-refractivity contribution in [2.45, 2.75) is 187 Å². The third kappa shape index (κ3) is 22.9. The molecule has 642 valence electrons. The van der Waals surface area contributed by atoms with Gasteiger partial charge < -0.3 is 68.8 Å². The Labute approximate surface area is 726 Å². The molecular formula is C94H101N21O9S. The average molecular weight is 1700 g/mol. The molecular weight excluding hydrogens is 1600 g/mol. The van der Waals surface area contributed by atoms with Crippen LogP contribution < -0.4 is 0 Å². The van der Waals surface area contributed by atoms with Crippen molar-refractivity contribution in [3.05, 3.63) is 199 Å². The van der Waals surface area contributed by atoms with Crippen LogP contribution in [0.15, 0.2) is 166 Å². The summed E-state index contributed by atoms with van der Waals surface area (Å²) in [7, 11) is 0. The van der Waals surface area contributed by atoms with Crippen LogP contribution in [-0.2, 0) is 31.8 Å². The van der Waals surface area contributed by atoms with Crippen molar-refractivity contribution in [3.8, 4) is 115 Å². The Balaban J connectivity index is 0.000000134. The zero-order valence-electron chi connectivity index (χ0n) is 71.8. The van der Waals surface area contributed by atoms with Crippen molar-refractivity contribution >= 4 is 65.9 Å². The molecule has 125 heavy (non-hydrogen) atoms. The van der Waals surface area contributed by atoms with Gasteiger partial charge in [0.25, 0.3) is 0 Å². The largest absolute Gasteiger partial charge is 0.395 e. The first-order chi connectivity index (χ1) is 59.4. The second-order valence-electron chi connectivity index (χ2n) is 33.9. The Hall–Kier alpha value is -13.4. The maximum atomic E-state index is 10.6. The zero-order chi connectivity index (χ0) is 89.2. The minimum absolute atomic E-state index is 0.0505. The number of nitrogens with one attached hydrogen (secondary N) is 5. The monoisotopic (exact) mass is 1700 g/mol. The Bertz CT molecular complexity index is 6730. The summed E-state index contributed by atoms with van der Waals surface area (Å²) in [5, 5.41) is 131. The highest BCUT2D eigenvalue weighted by atomic mass is 32.1. The highest BCUT2D eigenvalue weighted by Crippen LogP contribution is 2.38. The molecule has 17 rings (SSSR count). The zero-order valence-corrected chi connectivity index (χ0v) is 72.6. The number of aromatic amines is 5. The van der Waals surface area contributed by atoms with Gasteiger partial charge in [0.1, 0.15) is 55.9 Å². The van der Waals surface area contributed by atoms with Crippen LogP contribution in [0.5, 0.6) is 0 Å². The minimum Gasteiger partial charge on any atom is -0.395 e. The molecule has 0 spiro atoms. The molecule has 0 saturated heterocycles. The fourth-order valence-electron chi connectivity index (χ4n) is 14.1. The van der Waals surface area contributed by atoms with Crippen LogP contribution in [0.25, 0.3) is 110 Å². The quantitative estimate of drug-likeness (QED) is 0.0424. The highest BCUT2D eigenvalue weighted by Gasteiger charge is 2.30. The molecule has 0 amide bonds. The minimum atomic E-state index is -1.34. The maximum Gasteiger partial charge on any atom is 0.174 e. The summed E-state index contributed by atoms with van der Waals surface area (Å²) in [5.74, 6) is 29.0. The summed E-state index contributed by atoms with van der Waals surface area (Å²) >= 11 is 1.36. The number of hydrogen-bond donors (Lipinski definition) is 14. The molecule has 1 unspecified atom stereocenters. The molecule has 31 heteroatoms. The lowest BCUT2D eigenvalue weighted by Crippen LogP contribution is -2.25. The standard InChI is InChI=1S/C21H21N5O2S.C19H20N4O2.C19H22N4O2.C18H20N4O.C17H18N4O2/c1-20(2,27)13-26-12-17(14-9-24-25-10-14)16-8-15(23-11-18(16)26)4-5-21(3,28)19-22-6-7-29-19;24-8-7-23-13-17(14-10-21-22-11-14)16-9-15(20-12-18(16)23)3-6-19(25)4-1-2-5-19;1-18(2,24)6-5-14-7-15-16(13-8-21-22-9-13)11-23(12-19(3,4)25)17(15)10-20-14;1-12(2)22-11-16(13-8-20-21-9-13)15-7-14(19-10-17(15)22)5-6-18(3,4)23;1-17(2,23)4-3-13-7-14-15(12-8-19-20-9-12)11-21(5-6-22)16(14)10-18-13/h6-12,27-28H,13H2,1-3H3,(H,24,25);9-13,24-25H,1-2,4-5,7-8H2,(H,21,22);7-11,24-25H,12H2,1-4H3,(H,21,22);7-12,23H,1-4H3,(H,20,21);7-11,22-23H,5-6H2,1-2H3,(H,19,20). The van der Waals surface area contributed by atoms with Crippen molar-refractivity contribution in [1.29, 1.82) is 0 Å². The van der Waals surface area contributed by atoms with E-state index < -0.39 is 39.2 Å². The Morgan fingerprint density at radius 3 is 1.00 bits per heavy atom. The molecule has 1 saturated carbocycles. The fourth-order valence-corrected chi connectivity index (χ4v) is 14.8. The van der Waals surface area contributed by atoms with E-state index in [0.717, 1.165) is 136 Å². The summed E-state index contributed by atoms with van der Waals surface area (Å²) in [4.78, 5) is 26.2. The predicted molar refractivity (Wildman–Crippen MR) is 482 cm³/mol. The second-order valence-corrected chi connectivity index (χ2v) is 34.8. The number of aliphatic hydroxyl groups is 9. The maximum absolute atomic E-state index is 10.6. The summed E-state index contributed by atoms with van der Waals surface area (Å²) in [6.07, 6.45) is 42.1. The van der Waals surface area contributed by atoms with Gasteiger partial charge in [-0.15, -0.1) is 11.3 Å². The van der Waals surface area contributed by atoms with Crippen molar-refractivity contribution in [2.24, 2.45) is 0 Å². The lowest BCUT2D eigenvalue weighted by Gasteiger charge is -2.18. The number of aromatic nitrogens is 21. The van der Waals surface area contributed by atoms with Crippen molar-refractivity contribution < 1.29 is 46.0 Å². The van der Waals surface area contributed by atoms with Gasteiger partial charge in [0, 0.05) is 175 Å². The van der Waals surface area contributed by atoms with Gasteiger partial charge in [-0.25, -0.2) is 29.9 Å². The van der Waals surface area contributed by atoms with Gasteiger partial charge >= 0.3 is 0 Å². The van der Waals surface area contributed by atoms with Gasteiger partial charge in [-0.3, -0.25) is 25.5 Å². The molecule has 0 aromatic carbocycles. The summed E-state index contributed by atoms with van der Waals surface area (Å²) in [6, 6.07) is 9.92. The van der Waals surface area contributed by atoms with E-state index in [0.29, 0.717) is 65.7 Å². The highest BCUT2D eigenvalue weighted by molar-refractivity contribution is 7.09. The number of aliphatic hydroxyl groups excluding tert-OH is 2. The lowest BCUT2D eigenvalue weighted by atomic mass is 10.0. The van der Waals surface area contributed by atoms with Crippen LogP contribution in [0.2, 0.25) is 0 Å². The molecule has 14 N–H and O–H groups in total. The molecule has 16 heterocycles. The number of nitrogens with zero attached hydrogens (tertiary/aromatic N) is 16. The van der Waals surface area contributed by atoms with E-state index in [1.54, 1.807) is 137 Å². The predicted octanol–water partition coefficient (Wildman–Crippen LogP) is 12.0. The second kappa shape index (κ2) is 37.3. The Morgan fingerprint density at radius 2 is 0.704 bits per heavy atom. The van der Waals surface area contributed by atoms with E-state index in [1.165, 1.54) is 11.3 Å². The fraction of sp³-hybridized carbons (Fsp3) is 0.330. The van der Waals surface area contributed by atoms with Gasteiger partial charge in [-0.05, 0) is 176 Å². The third-order valence-electron chi connectivity index (χ3n) is 19.8. The van der Waals surface area contributed by atoms with Gasteiger partial charge in [-0.1, -0.05) is 29.6 Å². The topological polar surface area (TPSA) is 427 Å². The van der Waals surface area contributed by atoms with Crippen LogP contribution in [0.4, 0.5) is 0 Å². The molecule has 16 aromatic rings. The summed E-state index contributed by atoms with van der Waals surface area (Å²) in [5.41, 5.74) is 10.5. The van der Waals surface area contributed by atoms with Gasteiger partial charge in [0.05, 0.1) is 127 Å². The normalized spacial score (nSPS) is 13.1. The molecule has 0 aliphatic heterocycles. The number of rotatable bonds is 15. The van der Waals surface area contributed by atoms with E-state index in [2.05, 4.69) is 165 Å². The molecule has 16 aromatic heterocycles. The van der Waals surface area contributed by atoms with Gasteiger partial charge in [0.2, 0.25) is 0 Å². The van der Waals surface area contributed by atoms with E-state index in [9.17, 15) is 46.0 Å². The SMILES string of the molecule is CC(C)(O)C#Cc1cc2c(-c3cn[nH]c3)cn(CC(C)(C)O)c2cn1.CC(C)(O)C#Cc1cc2c(-c3cn[nH]c3)cn(CCO)c2cn1.CC(C)(O)Cn1cc(-c2cn[nH]c2)c2cc(C#CC(C)(O)c3nccs3)ncc21.CC(C)n1cc(-c2cn[nH]c2)c2cc(C#CC(C)(C)O)ncc21.OCCn1cc(-c2cn[nH]c2)c2cc(C#CC3(O)CCCC3)ncc21. The average Bonchev–Trinajstić information content (AvgIpc) is 1.65. The number of thiazole rings is 1. The van der Waals surface area contributed by atoms with Gasteiger partial charge in [0.15, 0.2) is 5.60 Å². The first-order valence-electron chi connectivity index (χ1n) is 40.6. The molecule has 1 fully saturated rings. The number of H-pyrrole nitrogens is 5. The van der Waals surface area contributed by atoms with Crippen molar-refractivity contribution in [2.75, 3.05) is 13.2 Å². The Kier molecular flexibility index (Phi) is 26.7. The van der Waals surface area contributed by atoms with Crippen LogP contribution >= 0.6 is 11.3 Å². The first kappa shape index (κ1) is 89.3. The first-order valence-corrected chi connectivity index (χ1v) is 41.5. The molecule has 1 aliphatic carbocycles. The van der Waals surface area contributed by atoms with Crippen LogP contribution in [-0.4, -0.2) is 197 Å². The number of fused-ring (bicyclic) bond motifs is 5. The van der Waals surface area contributed by atoms with Crippen LogP contribution in [0.3, 0.4) is 0 Å². The lowest BCUT2D eigenvalue weighted by molar-refractivity contribution is 0.0622. The molecule has 1 aliphatic rings. The summed E-state index contributed by atoms with van der Waals surface area (Å²) in [6.45, 7) is 24.8.